The molecule has 138 valence electrons. The van der Waals surface area contributed by atoms with Crippen LogP contribution in [-0.2, 0) is 10.9 Å². The largest absolute Gasteiger partial charge is 0.462 e. The molecule has 0 spiro atoms. The number of halogens is 3. The summed E-state index contributed by atoms with van der Waals surface area (Å²) >= 11 is 0. The number of carbonyl (C=O) groups excluding carboxylic acids is 2. The lowest BCUT2D eigenvalue weighted by atomic mass is 10.1. The second-order valence-corrected chi connectivity index (χ2v) is 5.53. The Hall–Kier alpha value is -2.83. The van der Waals surface area contributed by atoms with E-state index in [1.54, 1.807) is 12.1 Å². The van der Waals surface area contributed by atoms with Crippen LogP contribution in [0.15, 0.2) is 48.5 Å². The minimum Gasteiger partial charge on any atom is -0.462 e. The number of esters is 1. The van der Waals surface area contributed by atoms with Gasteiger partial charge in [0.05, 0.1) is 29.0 Å². The summed E-state index contributed by atoms with van der Waals surface area (Å²) < 4.78 is 44.3. The van der Waals surface area contributed by atoms with Gasteiger partial charge in [-0.2, -0.15) is 13.2 Å². The van der Waals surface area contributed by atoms with Gasteiger partial charge < -0.3 is 10.1 Å². The molecule has 2 aromatic rings. The lowest BCUT2D eigenvalue weighted by Crippen LogP contribution is -2.20. The van der Waals surface area contributed by atoms with E-state index < -0.39 is 29.2 Å². The van der Waals surface area contributed by atoms with Crippen LogP contribution in [0.4, 0.5) is 18.9 Å². The van der Waals surface area contributed by atoms with Gasteiger partial charge in [0.2, 0.25) is 0 Å². The number of para-hydroxylation sites is 1. The summed E-state index contributed by atoms with van der Waals surface area (Å²) in [6.45, 7) is 2.18. The fourth-order valence-corrected chi connectivity index (χ4v) is 2.28. The molecule has 1 amide bonds. The standard InChI is InChI=1S/C19H18F3NO3/c1-2-3-12-26-18(25)14-9-5-7-11-16(14)23-17(24)13-8-4-6-10-15(13)19(20,21)22/h4-11H,2-3,12H2,1H3,(H,23,24). The molecule has 0 aromatic heterocycles. The van der Waals surface area contributed by atoms with Gasteiger partial charge >= 0.3 is 12.1 Å². The van der Waals surface area contributed by atoms with E-state index in [0.29, 0.717) is 6.42 Å². The molecule has 0 atom stereocenters. The Kier molecular flexibility index (Phi) is 6.38. The Labute approximate surface area is 149 Å². The number of ether oxygens (including phenoxy) is 1. The van der Waals surface area contributed by atoms with Gasteiger partial charge in [0.15, 0.2) is 0 Å². The minimum atomic E-state index is -4.66. The molecule has 26 heavy (non-hydrogen) atoms. The fraction of sp³-hybridized carbons (Fsp3) is 0.263. The number of nitrogens with one attached hydrogen (secondary N) is 1. The molecular weight excluding hydrogens is 347 g/mol. The number of anilines is 1. The first-order valence-corrected chi connectivity index (χ1v) is 8.08. The van der Waals surface area contributed by atoms with E-state index in [4.69, 9.17) is 4.74 Å². The zero-order chi connectivity index (χ0) is 19.2. The third-order valence-corrected chi connectivity index (χ3v) is 3.60. The Balaban J connectivity index is 2.25. The highest BCUT2D eigenvalue weighted by atomic mass is 19.4. The first kappa shape index (κ1) is 19.5. The molecular formula is C19H18F3NO3. The quantitative estimate of drug-likeness (QED) is 0.584. The molecule has 2 rings (SSSR count). The average Bonchev–Trinajstić information content (AvgIpc) is 2.61. The summed E-state index contributed by atoms with van der Waals surface area (Å²) in [6, 6.07) is 10.5. The molecule has 0 fully saturated rings. The number of rotatable bonds is 6. The molecule has 0 bridgehead atoms. The van der Waals surface area contributed by atoms with Crippen LogP contribution in [0.3, 0.4) is 0 Å². The lowest BCUT2D eigenvalue weighted by molar-refractivity contribution is -0.137. The smallest absolute Gasteiger partial charge is 0.417 e. The predicted octanol–water partition coefficient (Wildman–Crippen LogP) is 4.91. The molecule has 0 aliphatic rings. The van der Waals surface area contributed by atoms with Crippen LogP contribution in [0.25, 0.3) is 0 Å². The van der Waals surface area contributed by atoms with Gasteiger partial charge in [-0.25, -0.2) is 4.79 Å². The Morgan fingerprint density at radius 3 is 2.27 bits per heavy atom. The van der Waals surface area contributed by atoms with E-state index in [9.17, 15) is 22.8 Å². The molecule has 0 radical (unpaired) electrons. The molecule has 2 aromatic carbocycles. The van der Waals surface area contributed by atoms with Crippen molar-refractivity contribution in [3.8, 4) is 0 Å². The van der Waals surface area contributed by atoms with Crippen LogP contribution in [-0.4, -0.2) is 18.5 Å². The van der Waals surface area contributed by atoms with Gasteiger partial charge in [-0.05, 0) is 30.7 Å². The first-order chi connectivity index (χ1) is 12.3. The molecule has 0 unspecified atom stereocenters. The second kappa shape index (κ2) is 8.51. The monoisotopic (exact) mass is 365 g/mol. The van der Waals surface area contributed by atoms with Crippen molar-refractivity contribution < 1.29 is 27.5 Å². The van der Waals surface area contributed by atoms with Crippen molar-refractivity contribution in [3.05, 3.63) is 65.2 Å². The highest BCUT2D eigenvalue weighted by Gasteiger charge is 2.35. The summed E-state index contributed by atoms with van der Waals surface area (Å²) in [7, 11) is 0. The second-order valence-electron chi connectivity index (χ2n) is 5.53. The van der Waals surface area contributed by atoms with Crippen LogP contribution < -0.4 is 5.32 Å². The molecule has 0 aliphatic carbocycles. The number of alkyl halides is 3. The molecule has 0 saturated carbocycles. The van der Waals surface area contributed by atoms with Crippen molar-refractivity contribution in [3.63, 3.8) is 0 Å². The Morgan fingerprint density at radius 2 is 1.62 bits per heavy atom. The van der Waals surface area contributed by atoms with Crippen LogP contribution in [0, 0.1) is 0 Å². The highest BCUT2D eigenvalue weighted by Crippen LogP contribution is 2.32. The predicted molar refractivity (Wildman–Crippen MR) is 91.0 cm³/mol. The van der Waals surface area contributed by atoms with Gasteiger partial charge in [0, 0.05) is 0 Å². The number of carbonyl (C=O) groups is 2. The summed E-state index contributed by atoms with van der Waals surface area (Å²) in [5.41, 5.74) is -1.38. The molecule has 7 heteroatoms. The summed E-state index contributed by atoms with van der Waals surface area (Å²) in [4.78, 5) is 24.5. The SMILES string of the molecule is CCCCOC(=O)c1ccccc1NC(=O)c1ccccc1C(F)(F)F. The Morgan fingerprint density at radius 1 is 1.00 bits per heavy atom. The average molecular weight is 365 g/mol. The topological polar surface area (TPSA) is 55.4 Å². The molecule has 4 nitrogen and oxygen atoms in total. The van der Waals surface area contributed by atoms with Crippen molar-refractivity contribution in [2.24, 2.45) is 0 Å². The lowest BCUT2D eigenvalue weighted by Gasteiger charge is -2.14. The third-order valence-electron chi connectivity index (χ3n) is 3.60. The van der Waals surface area contributed by atoms with E-state index in [0.717, 1.165) is 18.6 Å². The maximum atomic E-state index is 13.1. The summed E-state index contributed by atoms with van der Waals surface area (Å²) in [5, 5.41) is 2.37. The molecule has 0 saturated heterocycles. The van der Waals surface area contributed by atoms with Crippen LogP contribution in [0.1, 0.15) is 46.0 Å². The molecule has 0 aliphatic heterocycles. The van der Waals surface area contributed by atoms with Gasteiger partial charge in [0.1, 0.15) is 0 Å². The van der Waals surface area contributed by atoms with E-state index >= 15 is 0 Å². The van der Waals surface area contributed by atoms with Gasteiger partial charge in [0.25, 0.3) is 5.91 Å². The van der Waals surface area contributed by atoms with Gasteiger partial charge in [-0.15, -0.1) is 0 Å². The zero-order valence-electron chi connectivity index (χ0n) is 14.1. The number of unbranched alkanes of at least 4 members (excludes halogenated alkanes) is 1. The van der Waals surface area contributed by atoms with E-state index in [-0.39, 0.29) is 17.9 Å². The number of hydrogen-bond donors (Lipinski definition) is 1. The van der Waals surface area contributed by atoms with Crippen LogP contribution in [0.2, 0.25) is 0 Å². The highest BCUT2D eigenvalue weighted by molar-refractivity contribution is 6.08. The minimum absolute atomic E-state index is 0.0847. The van der Waals surface area contributed by atoms with Crippen molar-refractivity contribution in [2.75, 3.05) is 11.9 Å². The number of amides is 1. The maximum absolute atomic E-state index is 13.1. The Bertz CT molecular complexity index is 788. The van der Waals surface area contributed by atoms with E-state index in [1.807, 2.05) is 6.92 Å². The summed E-state index contributed by atoms with van der Waals surface area (Å²) in [6.07, 6.45) is -3.12. The fourth-order valence-electron chi connectivity index (χ4n) is 2.28. The zero-order valence-corrected chi connectivity index (χ0v) is 14.1. The van der Waals surface area contributed by atoms with E-state index in [1.165, 1.54) is 24.3 Å². The van der Waals surface area contributed by atoms with Crippen LogP contribution >= 0.6 is 0 Å². The molecule has 0 heterocycles. The van der Waals surface area contributed by atoms with Gasteiger partial charge in [-0.3, -0.25) is 4.79 Å². The first-order valence-electron chi connectivity index (χ1n) is 8.08. The van der Waals surface area contributed by atoms with Crippen LogP contribution in [0.5, 0.6) is 0 Å². The van der Waals surface area contributed by atoms with Crippen molar-refractivity contribution in [2.45, 2.75) is 25.9 Å². The van der Waals surface area contributed by atoms with Crippen molar-refractivity contribution >= 4 is 17.6 Å². The van der Waals surface area contributed by atoms with Gasteiger partial charge in [-0.1, -0.05) is 37.6 Å². The third kappa shape index (κ3) is 4.84. The number of benzene rings is 2. The normalized spacial score (nSPS) is 11.1. The maximum Gasteiger partial charge on any atom is 0.417 e. The van der Waals surface area contributed by atoms with E-state index in [2.05, 4.69) is 5.32 Å². The summed E-state index contributed by atoms with van der Waals surface area (Å²) in [5.74, 6) is -1.59. The molecule has 1 N–H and O–H groups in total. The van der Waals surface area contributed by atoms with Crippen molar-refractivity contribution in [1.29, 1.82) is 0 Å². The number of hydrogen-bond acceptors (Lipinski definition) is 3. The van der Waals surface area contributed by atoms with Crippen molar-refractivity contribution in [1.82, 2.24) is 0 Å².